The molecule has 4 rings (SSSR count). The Balaban J connectivity index is 1.55. The Kier molecular flexibility index (Phi) is 5.02. The van der Waals surface area contributed by atoms with Crippen LogP contribution in [0.5, 0.6) is 0 Å². The summed E-state index contributed by atoms with van der Waals surface area (Å²) in [6.45, 7) is 0.976. The van der Waals surface area contributed by atoms with E-state index in [1.807, 2.05) is 6.07 Å². The average molecular weight is 397 g/mol. The lowest BCUT2D eigenvalue weighted by molar-refractivity contribution is -0.384. The van der Waals surface area contributed by atoms with Crippen LogP contribution in [0.4, 0.5) is 5.69 Å². The zero-order chi connectivity index (χ0) is 19.5. The van der Waals surface area contributed by atoms with E-state index in [2.05, 4.69) is 15.2 Å². The van der Waals surface area contributed by atoms with Gasteiger partial charge >= 0.3 is 0 Å². The average Bonchev–Trinajstić information content (AvgIpc) is 3.31. The third kappa shape index (κ3) is 3.86. The molecule has 0 N–H and O–H groups in total. The molecule has 0 aliphatic carbocycles. The van der Waals surface area contributed by atoms with Gasteiger partial charge < -0.3 is 9.32 Å². The maximum Gasteiger partial charge on any atom is 0.295 e. The van der Waals surface area contributed by atoms with Crippen LogP contribution in [-0.4, -0.2) is 37.5 Å². The molecule has 1 saturated heterocycles. The van der Waals surface area contributed by atoms with Crippen LogP contribution in [0.3, 0.4) is 0 Å². The second kappa shape index (κ2) is 7.77. The third-order valence-electron chi connectivity index (χ3n) is 4.23. The zero-order valence-electron chi connectivity index (χ0n) is 14.6. The van der Waals surface area contributed by atoms with Crippen LogP contribution < -0.4 is 0 Å². The summed E-state index contributed by atoms with van der Waals surface area (Å²) in [5, 5.41) is 20.1. The fourth-order valence-electron chi connectivity index (χ4n) is 2.91. The quantitative estimate of drug-likeness (QED) is 0.459. The molecular formula is C18H15N5O4S. The highest BCUT2D eigenvalue weighted by molar-refractivity contribution is 7.99. The molecule has 3 aromatic rings. The Morgan fingerprint density at radius 3 is 2.71 bits per heavy atom. The first-order chi connectivity index (χ1) is 13.6. The number of likely N-dealkylation sites (tertiary alicyclic amines) is 1. The molecule has 1 amide bonds. The predicted octanol–water partition coefficient (Wildman–Crippen LogP) is 3.31. The van der Waals surface area contributed by atoms with Crippen LogP contribution in [0.1, 0.15) is 18.7 Å². The number of hydrogen-bond donors (Lipinski definition) is 0. The first-order valence-electron chi connectivity index (χ1n) is 8.59. The monoisotopic (exact) mass is 397 g/mol. The second-order valence-corrected chi connectivity index (χ2v) is 7.09. The van der Waals surface area contributed by atoms with Gasteiger partial charge in [-0.25, -0.2) is 4.98 Å². The Morgan fingerprint density at radius 1 is 1.18 bits per heavy atom. The summed E-state index contributed by atoms with van der Waals surface area (Å²) in [6.07, 6.45) is 1.38. The molecule has 0 radical (unpaired) electrons. The fraction of sp³-hybridized carbons (Fsp3) is 0.222. The highest BCUT2D eigenvalue weighted by atomic mass is 32.2. The van der Waals surface area contributed by atoms with E-state index in [0.717, 1.165) is 18.2 Å². The molecule has 0 unspecified atom stereocenters. The van der Waals surface area contributed by atoms with Gasteiger partial charge in [0.1, 0.15) is 10.7 Å². The van der Waals surface area contributed by atoms with Crippen LogP contribution in [0.15, 0.2) is 57.1 Å². The smallest absolute Gasteiger partial charge is 0.295 e. The van der Waals surface area contributed by atoms with E-state index in [9.17, 15) is 14.9 Å². The molecule has 0 bridgehead atoms. The molecule has 3 heterocycles. The van der Waals surface area contributed by atoms with Crippen LogP contribution in [0, 0.1) is 10.1 Å². The Labute approximate surface area is 163 Å². The standard InChI is InChI=1S/C18H15N5O4S/c24-16-7-4-10-22(16)11-14-20-21-18(27-14)28-15-9-8-13(23(25)26)17(19-15)12-5-2-1-3-6-12/h1-3,5-6,8-9H,4,7,10-11H2. The van der Waals surface area contributed by atoms with Gasteiger partial charge in [-0.3, -0.25) is 14.9 Å². The maximum atomic E-state index is 11.7. The molecule has 10 heteroatoms. The molecule has 28 heavy (non-hydrogen) atoms. The lowest BCUT2D eigenvalue weighted by atomic mass is 10.1. The minimum atomic E-state index is -0.457. The van der Waals surface area contributed by atoms with Crippen LogP contribution >= 0.6 is 11.8 Å². The topological polar surface area (TPSA) is 115 Å². The predicted molar refractivity (Wildman–Crippen MR) is 99.4 cm³/mol. The van der Waals surface area contributed by atoms with E-state index in [-0.39, 0.29) is 29.1 Å². The number of benzene rings is 1. The first-order valence-corrected chi connectivity index (χ1v) is 9.40. The van der Waals surface area contributed by atoms with Gasteiger partial charge in [0.05, 0.1) is 11.5 Å². The van der Waals surface area contributed by atoms with Crippen molar-refractivity contribution >= 4 is 23.4 Å². The minimum absolute atomic E-state index is 0.0747. The van der Waals surface area contributed by atoms with Gasteiger partial charge in [0.15, 0.2) is 0 Å². The fourth-order valence-corrected chi connectivity index (χ4v) is 3.59. The van der Waals surface area contributed by atoms with Crippen molar-refractivity contribution in [2.75, 3.05) is 6.54 Å². The molecule has 1 aromatic carbocycles. The van der Waals surface area contributed by atoms with Crippen LogP contribution in [0.2, 0.25) is 0 Å². The van der Waals surface area contributed by atoms with Crippen LogP contribution in [0.25, 0.3) is 11.3 Å². The second-order valence-electron chi connectivity index (χ2n) is 6.12. The van der Waals surface area contributed by atoms with E-state index in [1.54, 1.807) is 35.2 Å². The summed E-state index contributed by atoms with van der Waals surface area (Å²) in [6, 6.07) is 11.9. The highest BCUT2D eigenvalue weighted by Crippen LogP contribution is 2.33. The summed E-state index contributed by atoms with van der Waals surface area (Å²) < 4.78 is 5.59. The maximum absolute atomic E-state index is 11.7. The van der Waals surface area contributed by atoms with Gasteiger partial charge in [-0.15, -0.1) is 10.2 Å². The molecule has 1 aliphatic heterocycles. The molecule has 0 saturated carbocycles. The van der Waals surface area contributed by atoms with Gasteiger partial charge in [-0.05, 0) is 24.2 Å². The van der Waals surface area contributed by atoms with E-state index in [4.69, 9.17) is 4.42 Å². The van der Waals surface area contributed by atoms with Crippen molar-refractivity contribution in [3.63, 3.8) is 0 Å². The van der Waals surface area contributed by atoms with Gasteiger partial charge in [-0.1, -0.05) is 30.3 Å². The Hall–Kier alpha value is -3.27. The zero-order valence-corrected chi connectivity index (χ0v) is 15.5. The largest absolute Gasteiger partial charge is 0.414 e. The normalized spacial score (nSPS) is 13.9. The van der Waals surface area contributed by atoms with Crippen molar-refractivity contribution in [3.05, 3.63) is 58.5 Å². The number of pyridine rings is 1. The molecule has 142 valence electrons. The van der Waals surface area contributed by atoms with E-state index in [1.165, 1.54) is 6.07 Å². The molecule has 0 atom stereocenters. The van der Waals surface area contributed by atoms with Crippen LogP contribution in [-0.2, 0) is 11.3 Å². The molecule has 1 aliphatic rings. The highest BCUT2D eigenvalue weighted by Gasteiger charge is 2.23. The number of nitrogens with zero attached hydrogens (tertiary/aromatic N) is 5. The van der Waals surface area contributed by atoms with Gasteiger partial charge in [0.2, 0.25) is 11.8 Å². The van der Waals surface area contributed by atoms with E-state index in [0.29, 0.717) is 29.4 Å². The van der Waals surface area contributed by atoms with Crippen molar-refractivity contribution < 1.29 is 14.1 Å². The van der Waals surface area contributed by atoms with Gasteiger partial charge in [0.25, 0.3) is 10.9 Å². The number of carbonyl (C=O) groups excluding carboxylic acids is 1. The molecular weight excluding hydrogens is 382 g/mol. The number of aromatic nitrogens is 3. The number of amides is 1. The summed E-state index contributed by atoms with van der Waals surface area (Å²) in [5.74, 6) is 0.430. The molecule has 2 aromatic heterocycles. The third-order valence-corrected chi connectivity index (χ3v) is 5.01. The molecule has 9 nitrogen and oxygen atoms in total. The summed E-state index contributed by atoms with van der Waals surface area (Å²) >= 11 is 1.12. The van der Waals surface area contributed by atoms with Crippen molar-refractivity contribution in [2.45, 2.75) is 29.6 Å². The Bertz CT molecular complexity index is 1020. The molecule has 0 spiro atoms. The minimum Gasteiger partial charge on any atom is -0.414 e. The van der Waals surface area contributed by atoms with Crippen molar-refractivity contribution in [3.8, 4) is 11.3 Å². The summed E-state index contributed by atoms with van der Waals surface area (Å²) in [5.41, 5.74) is 0.850. The van der Waals surface area contributed by atoms with Crippen molar-refractivity contribution in [1.82, 2.24) is 20.1 Å². The summed E-state index contributed by atoms with van der Waals surface area (Å²) in [4.78, 5) is 28.7. The van der Waals surface area contributed by atoms with Gasteiger partial charge in [-0.2, -0.15) is 0 Å². The lowest BCUT2D eigenvalue weighted by Crippen LogP contribution is -2.23. The first kappa shape index (κ1) is 18.1. The Morgan fingerprint density at radius 2 is 2.00 bits per heavy atom. The van der Waals surface area contributed by atoms with Crippen molar-refractivity contribution in [2.24, 2.45) is 0 Å². The number of nitro groups is 1. The number of rotatable bonds is 6. The van der Waals surface area contributed by atoms with E-state index < -0.39 is 4.92 Å². The number of carbonyl (C=O) groups is 1. The number of hydrogen-bond acceptors (Lipinski definition) is 8. The SMILES string of the molecule is O=C1CCCN1Cc1nnc(Sc2ccc([N+](=O)[O-])c(-c3ccccc3)n2)o1. The van der Waals surface area contributed by atoms with E-state index >= 15 is 0 Å². The lowest BCUT2D eigenvalue weighted by Gasteiger charge is -2.11. The summed E-state index contributed by atoms with van der Waals surface area (Å²) in [7, 11) is 0. The molecule has 1 fully saturated rings. The van der Waals surface area contributed by atoms with Crippen molar-refractivity contribution in [1.29, 1.82) is 0 Å². The van der Waals surface area contributed by atoms with Gasteiger partial charge in [0, 0.05) is 24.6 Å².